The standard InChI is InChI=1S/C18H26N2O3/c1-4-22-18(21)20-11-9-16(10-12-20)19-13-15-5-7-17(8-6-15)23-14(2)3/h5-8,13-14,16H,4,9-12H2,1-3H3. The van der Waals surface area contributed by atoms with E-state index in [1.165, 1.54) is 0 Å². The lowest BCUT2D eigenvalue weighted by Crippen LogP contribution is -2.40. The van der Waals surface area contributed by atoms with Crippen molar-refractivity contribution < 1.29 is 14.3 Å². The second-order valence-electron chi connectivity index (χ2n) is 5.93. The van der Waals surface area contributed by atoms with E-state index in [4.69, 9.17) is 9.47 Å². The first-order valence-electron chi connectivity index (χ1n) is 8.30. The number of carbonyl (C=O) groups is 1. The van der Waals surface area contributed by atoms with E-state index in [2.05, 4.69) is 4.99 Å². The van der Waals surface area contributed by atoms with Crippen LogP contribution in [-0.2, 0) is 4.74 Å². The Balaban J connectivity index is 1.81. The third kappa shape index (κ3) is 5.58. The maximum absolute atomic E-state index is 11.6. The molecule has 0 atom stereocenters. The van der Waals surface area contributed by atoms with E-state index >= 15 is 0 Å². The fourth-order valence-electron chi connectivity index (χ4n) is 2.51. The minimum absolute atomic E-state index is 0.180. The third-order valence-electron chi connectivity index (χ3n) is 3.68. The van der Waals surface area contributed by atoms with E-state index in [-0.39, 0.29) is 18.2 Å². The van der Waals surface area contributed by atoms with Crippen LogP contribution in [0.25, 0.3) is 0 Å². The molecular formula is C18H26N2O3. The lowest BCUT2D eigenvalue weighted by Gasteiger charge is -2.29. The highest BCUT2D eigenvalue weighted by Gasteiger charge is 2.22. The fraction of sp³-hybridized carbons (Fsp3) is 0.556. The Morgan fingerprint density at radius 2 is 1.96 bits per heavy atom. The number of piperidine rings is 1. The minimum atomic E-state index is -0.212. The van der Waals surface area contributed by atoms with Gasteiger partial charge in [-0.3, -0.25) is 4.99 Å². The number of amides is 1. The fourth-order valence-corrected chi connectivity index (χ4v) is 2.51. The number of hydrogen-bond acceptors (Lipinski definition) is 4. The van der Waals surface area contributed by atoms with Crippen LogP contribution in [0.2, 0.25) is 0 Å². The van der Waals surface area contributed by atoms with Crippen LogP contribution in [0.1, 0.15) is 39.2 Å². The molecule has 1 aromatic rings. The van der Waals surface area contributed by atoms with Crippen LogP contribution in [0.3, 0.4) is 0 Å². The highest BCUT2D eigenvalue weighted by molar-refractivity contribution is 5.79. The van der Waals surface area contributed by atoms with Crippen LogP contribution in [0, 0.1) is 0 Å². The summed E-state index contributed by atoms with van der Waals surface area (Å²) in [6, 6.07) is 8.21. The maximum atomic E-state index is 11.6. The van der Waals surface area contributed by atoms with Gasteiger partial charge in [-0.25, -0.2) is 4.79 Å². The van der Waals surface area contributed by atoms with E-state index in [1.54, 1.807) is 4.90 Å². The van der Waals surface area contributed by atoms with E-state index < -0.39 is 0 Å². The quantitative estimate of drug-likeness (QED) is 0.781. The van der Waals surface area contributed by atoms with Crippen molar-refractivity contribution in [2.45, 2.75) is 45.8 Å². The lowest BCUT2D eigenvalue weighted by molar-refractivity contribution is 0.0975. The largest absolute Gasteiger partial charge is 0.491 e. The predicted octanol–water partition coefficient (Wildman–Crippen LogP) is 3.51. The molecule has 1 aliphatic rings. The van der Waals surface area contributed by atoms with Gasteiger partial charge >= 0.3 is 6.09 Å². The van der Waals surface area contributed by atoms with Gasteiger partial charge in [0.15, 0.2) is 0 Å². The lowest BCUT2D eigenvalue weighted by atomic mass is 10.1. The Labute approximate surface area is 138 Å². The number of rotatable bonds is 5. The van der Waals surface area contributed by atoms with Crippen molar-refractivity contribution in [1.82, 2.24) is 4.90 Å². The van der Waals surface area contributed by atoms with Gasteiger partial charge in [0.2, 0.25) is 0 Å². The van der Waals surface area contributed by atoms with Gasteiger partial charge in [-0.1, -0.05) is 0 Å². The summed E-state index contributed by atoms with van der Waals surface area (Å²) in [4.78, 5) is 18.0. The predicted molar refractivity (Wildman–Crippen MR) is 91.4 cm³/mol. The Kier molecular flexibility index (Phi) is 6.44. The molecule has 2 rings (SSSR count). The van der Waals surface area contributed by atoms with Crippen molar-refractivity contribution in [2.75, 3.05) is 19.7 Å². The molecule has 126 valence electrons. The molecule has 0 spiro atoms. The van der Waals surface area contributed by atoms with E-state index in [0.717, 1.165) is 24.2 Å². The summed E-state index contributed by atoms with van der Waals surface area (Å²) in [5.74, 6) is 0.875. The van der Waals surface area contributed by atoms with Crippen LogP contribution in [-0.4, -0.2) is 49.0 Å². The van der Waals surface area contributed by atoms with Gasteiger partial charge in [0.1, 0.15) is 5.75 Å². The molecule has 1 saturated heterocycles. The van der Waals surface area contributed by atoms with Gasteiger partial charge in [-0.05, 0) is 63.4 Å². The molecule has 5 nitrogen and oxygen atoms in total. The highest BCUT2D eigenvalue weighted by atomic mass is 16.6. The number of aliphatic imine (C=N–C) groups is 1. The van der Waals surface area contributed by atoms with Crippen LogP contribution in [0.5, 0.6) is 5.75 Å². The zero-order chi connectivity index (χ0) is 16.7. The Hall–Kier alpha value is -2.04. The molecule has 23 heavy (non-hydrogen) atoms. The molecule has 1 aromatic carbocycles. The number of hydrogen-bond donors (Lipinski definition) is 0. The van der Waals surface area contributed by atoms with Gasteiger partial charge in [0, 0.05) is 19.3 Å². The van der Waals surface area contributed by atoms with Crippen LogP contribution < -0.4 is 4.74 Å². The van der Waals surface area contributed by atoms with E-state index in [0.29, 0.717) is 19.7 Å². The van der Waals surface area contributed by atoms with Gasteiger partial charge in [-0.15, -0.1) is 0 Å². The van der Waals surface area contributed by atoms with Gasteiger partial charge in [-0.2, -0.15) is 0 Å². The molecule has 0 saturated carbocycles. The molecule has 1 fully saturated rings. The topological polar surface area (TPSA) is 51.1 Å². The molecule has 0 unspecified atom stereocenters. The first kappa shape index (κ1) is 17.3. The van der Waals surface area contributed by atoms with Gasteiger partial charge in [0.05, 0.1) is 18.8 Å². The number of ether oxygens (including phenoxy) is 2. The normalized spacial score (nSPS) is 16.1. The highest BCUT2D eigenvalue weighted by Crippen LogP contribution is 2.16. The minimum Gasteiger partial charge on any atom is -0.491 e. The van der Waals surface area contributed by atoms with Crippen LogP contribution in [0.15, 0.2) is 29.3 Å². The summed E-state index contributed by atoms with van der Waals surface area (Å²) in [7, 11) is 0. The average Bonchev–Trinajstić information content (AvgIpc) is 2.54. The molecule has 0 radical (unpaired) electrons. The zero-order valence-electron chi connectivity index (χ0n) is 14.2. The molecule has 1 heterocycles. The number of likely N-dealkylation sites (tertiary alicyclic amines) is 1. The number of nitrogens with zero attached hydrogens (tertiary/aromatic N) is 2. The van der Waals surface area contributed by atoms with E-state index in [9.17, 15) is 4.79 Å². The van der Waals surface area contributed by atoms with E-state index in [1.807, 2.05) is 51.3 Å². The maximum Gasteiger partial charge on any atom is 0.409 e. The first-order chi connectivity index (χ1) is 11.1. The van der Waals surface area contributed by atoms with Crippen molar-refractivity contribution >= 4 is 12.3 Å². The SMILES string of the molecule is CCOC(=O)N1CCC(N=Cc2ccc(OC(C)C)cc2)CC1. The summed E-state index contributed by atoms with van der Waals surface area (Å²) < 4.78 is 10.6. The average molecular weight is 318 g/mol. The molecule has 0 bridgehead atoms. The molecule has 5 heteroatoms. The van der Waals surface area contributed by atoms with Crippen LogP contribution in [0.4, 0.5) is 4.79 Å². The van der Waals surface area contributed by atoms with Crippen molar-refractivity contribution in [3.8, 4) is 5.75 Å². The summed E-state index contributed by atoms with van der Waals surface area (Å²) in [5, 5.41) is 0. The molecule has 0 N–H and O–H groups in total. The molecule has 0 aliphatic carbocycles. The molecule has 1 aliphatic heterocycles. The van der Waals surface area contributed by atoms with Crippen LogP contribution >= 0.6 is 0 Å². The second-order valence-corrected chi connectivity index (χ2v) is 5.93. The van der Waals surface area contributed by atoms with Crippen molar-refractivity contribution in [3.63, 3.8) is 0 Å². The van der Waals surface area contributed by atoms with Crippen molar-refractivity contribution in [1.29, 1.82) is 0 Å². The van der Waals surface area contributed by atoms with Gasteiger partial charge < -0.3 is 14.4 Å². The number of benzene rings is 1. The second kappa shape index (κ2) is 8.56. The third-order valence-corrected chi connectivity index (χ3v) is 3.68. The smallest absolute Gasteiger partial charge is 0.409 e. The molecule has 1 amide bonds. The zero-order valence-corrected chi connectivity index (χ0v) is 14.2. The molecule has 0 aromatic heterocycles. The number of carbonyl (C=O) groups excluding carboxylic acids is 1. The van der Waals surface area contributed by atoms with Crippen molar-refractivity contribution in [3.05, 3.63) is 29.8 Å². The monoisotopic (exact) mass is 318 g/mol. The summed E-state index contributed by atoms with van der Waals surface area (Å²) in [6.07, 6.45) is 3.63. The first-order valence-corrected chi connectivity index (χ1v) is 8.30. The molecular weight excluding hydrogens is 292 g/mol. The Bertz CT molecular complexity index is 518. The Morgan fingerprint density at radius 3 is 2.52 bits per heavy atom. The summed E-state index contributed by atoms with van der Waals surface area (Å²) in [6.45, 7) is 7.69. The summed E-state index contributed by atoms with van der Waals surface area (Å²) in [5.41, 5.74) is 1.06. The van der Waals surface area contributed by atoms with Crippen molar-refractivity contribution in [2.24, 2.45) is 4.99 Å². The summed E-state index contributed by atoms with van der Waals surface area (Å²) >= 11 is 0. The Morgan fingerprint density at radius 1 is 1.30 bits per heavy atom. The van der Waals surface area contributed by atoms with Gasteiger partial charge in [0.25, 0.3) is 0 Å².